The first kappa shape index (κ1) is 19.9. The molecular weight excluding hydrogens is 424 g/mol. The van der Waals surface area contributed by atoms with E-state index in [4.69, 9.17) is 10.5 Å². The lowest BCUT2D eigenvalue weighted by atomic mass is 10.3. The molecule has 2 amide bonds. The van der Waals surface area contributed by atoms with Gasteiger partial charge >= 0.3 is 0 Å². The Morgan fingerprint density at radius 1 is 1.17 bits per heavy atom. The Morgan fingerprint density at radius 2 is 2.00 bits per heavy atom. The van der Waals surface area contributed by atoms with E-state index in [1.165, 1.54) is 11.3 Å². The second kappa shape index (κ2) is 8.51. The molecule has 30 heavy (non-hydrogen) atoms. The molecule has 0 spiro atoms. The van der Waals surface area contributed by atoms with Gasteiger partial charge in [0.25, 0.3) is 11.1 Å². The second-order valence-electron chi connectivity index (χ2n) is 6.04. The lowest BCUT2D eigenvalue weighted by molar-refractivity contribution is -0.123. The summed E-state index contributed by atoms with van der Waals surface area (Å²) in [6, 6.07) is 11.0. The monoisotopic (exact) mass is 440 g/mol. The number of nitrogen functional groups attached to an aromatic ring is 1. The SMILES string of the molecule is COc1ccccc1Nc1nc(N)nc(CN2C(=O)S/C(=C\c3cccs3)C2=O)n1. The van der Waals surface area contributed by atoms with Gasteiger partial charge in [0.2, 0.25) is 11.9 Å². The number of methoxy groups -OCH3 is 1. The van der Waals surface area contributed by atoms with Crippen molar-refractivity contribution in [3.63, 3.8) is 0 Å². The van der Waals surface area contributed by atoms with Crippen molar-refractivity contribution in [1.29, 1.82) is 0 Å². The van der Waals surface area contributed by atoms with Gasteiger partial charge in [-0.05, 0) is 41.4 Å². The Kier molecular flexibility index (Phi) is 5.63. The summed E-state index contributed by atoms with van der Waals surface area (Å²) in [5, 5.41) is 4.53. The number of thioether (sulfide) groups is 1. The summed E-state index contributed by atoms with van der Waals surface area (Å²) in [6.07, 6.45) is 1.70. The number of thiophene rings is 1. The molecule has 1 saturated heterocycles. The largest absolute Gasteiger partial charge is 0.495 e. The lowest BCUT2D eigenvalue weighted by Gasteiger charge is -2.13. The molecule has 0 saturated carbocycles. The van der Waals surface area contributed by atoms with Crippen LogP contribution in [0.2, 0.25) is 0 Å². The molecule has 9 nitrogen and oxygen atoms in total. The van der Waals surface area contributed by atoms with Gasteiger partial charge in [0.15, 0.2) is 5.82 Å². The van der Waals surface area contributed by atoms with Gasteiger partial charge in [-0.2, -0.15) is 15.0 Å². The number of aromatic nitrogens is 3. The molecule has 1 aliphatic heterocycles. The van der Waals surface area contributed by atoms with Gasteiger partial charge in [0.05, 0.1) is 24.2 Å². The summed E-state index contributed by atoms with van der Waals surface area (Å²) in [7, 11) is 1.55. The van der Waals surface area contributed by atoms with Crippen LogP contribution in [-0.4, -0.2) is 38.1 Å². The van der Waals surface area contributed by atoms with Crippen molar-refractivity contribution >= 4 is 57.9 Å². The predicted octanol–water partition coefficient (Wildman–Crippen LogP) is 3.50. The Hall–Kier alpha value is -3.44. The Morgan fingerprint density at radius 3 is 2.77 bits per heavy atom. The van der Waals surface area contributed by atoms with Crippen LogP contribution in [0.3, 0.4) is 0 Å². The number of nitrogens with two attached hydrogens (primary N) is 1. The molecule has 0 radical (unpaired) electrons. The minimum Gasteiger partial charge on any atom is -0.495 e. The van der Waals surface area contributed by atoms with Crippen LogP contribution < -0.4 is 15.8 Å². The maximum absolute atomic E-state index is 12.7. The second-order valence-corrected chi connectivity index (χ2v) is 8.01. The lowest BCUT2D eigenvalue weighted by Crippen LogP contribution is -2.28. The zero-order chi connectivity index (χ0) is 21.1. The molecule has 3 heterocycles. The van der Waals surface area contributed by atoms with Crippen LogP contribution in [0, 0.1) is 0 Å². The molecular formula is C19H16N6O3S2. The number of para-hydroxylation sites is 2. The summed E-state index contributed by atoms with van der Waals surface area (Å²) < 4.78 is 5.30. The molecule has 0 bridgehead atoms. The highest BCUT2D eigenvalue weighted by Crippen LogP contribution is 2.34. The normalized spacial score (nSPS) is 15.1. The zero-order valence-electron chi connectivity index (χ0n) is 15.7. The van der Waals surface area contributed by atoms with Crippen LogP contribution in [0.4, 0.5) is 22.4 Å². The van der Waals surface area contributed by atoms with Crippen LogP contribution in [-0.2, 0) is 11.3 Å². The first-order chi connectivity index (χ1) is 14.5. The van der Waals surface area contributed by atoms with Crippen molar-refractivity contribution in [2.24, 2.45) is 0 Å². The molecule has 4 rings (SSSR count). The van der Waals surface area contributed by atoms with Crippen molar-refractivity contribution in [2.45, 2.75) is 6.54 Å². The van der Waals surface area contributed by atoms with E-state index in [-0.39, 0.29) is 29.5 Å². The summed E-state index contributed by atoms with van der Waals surface area (Å²) in [5.74, 6) is 0.556. The van der Waals surface area contributed by atoms with Gasteiger partial charge in [0.1, 0.15) is 5.75 Å². The van der Waals surface area contributed by atoms with Crippen molar-refractivity contribution in [3.05, 3.63) is 57.4 Å². The first-order valence-corrected chi connectivity index (χ1v) is 10.4. The van der Waals surface area contributed by atoms with Gasteiger partial charge in [-0.3, -0.25) is 14.5 Å². The molecule has 2 aromatic heterocycles. The smallest absolute Gasteiger partial charge is 0.293 e. The molecule has 11 heteroatoms. The van der Waals surface area contributed by atoms with Gasteiger partial charge in [0, 0.05) is 4.88 Å². The van der Waals surface area contributed by atoms with Crippen LogP contribution in [0.5, 0.6) is 5.75 Å². The number of nitrogens with zero attached hydrogens (tertiary/aromatic N) is 4. The van der Waals surface area contributed by atoms with E-state index < -0.39 is 5.91 Å². The Bertz CT molecular complexity index is 1130. The highest BCUT2D eigenvalue weighted by Gasteiger charge is 2.35. The minimum absolute atomic E-state index is 0.0292. The molecule has 152 valence electrons. The number of rotatable bonds is 6. The summed E-state index contributed by atoms with van der Waals surface area (Å²) in [5.41, 5.74) is 6.45. The number of benzene rings is 1. The molecule has 0 unspecified atom stereocenters. The third-order valence-corrected chi connectivity index (χ3v) is 5.77. The standard InChI is InChI=1S/C19H16N6O3S2/c1-28-13-7-3-2-6-12(13)21-18-23-15(22-17(20)24-18)10-25-16(26)14(30-19(25)27)9-11-5-4-8-29-11/h2-9H,10H2,1H3,(H3,20,21,22,23,24)/b14-9-. The van der Waals surface area contributed by atoms with Crippen molar-refractivity contribution in [3.8, 4) is 5.75 Å². The Balaban J connectivity index is 1.55. The highest BCUT2D eigenvalue weighted by molar-refractivity contribution is 8.18. The van der Waals surface area contributed by atoms with Gasteiger partial charge < -0.3 is 15.8 Å². The highest BCUT2D eigenvalue weighted by atomic mass is 32.2. The maximum atomic E-state index is 12.7. The van der Waals surface area contributed by atoms with Crippen molar-refractivity contribution in [2.75, 3.05) is 18.2 Å². The van der Waals surface area contributed by atoms with E-state index in [1.54, 1.807) is 25.3 Å². The van der Waals surface area contributed by atoms with E-state index in [1.807, 2.05) is 29.6 Å². The molecule has 1 aromatic carbocycles. The van der Waals surface area contributed by atoms with Crippen LogP contribution in [0.25, 0.3) is 6.08 Å². The fourth-order valence-corrected chi connectivity index (χ4v) is 4.27. The number of hydrogen-bond acceptors (Lipinski definition) is 10. The first-order valence-electron chi connectivity index (χ1n) is 8.73. The summed E-state index contributed by atoms with van der Waals surface area (Å²) in [4.78, 5) is 39.8. The van der Waals surface area contributed by atoms with Crippen LogP contribution >= 0.6 is 23.1 Å². The van der Waals surface area contributed by atoms with E-state index >= 15 is 0 Å². The van der Waals surface area contributed by atoms with E-state index in [0.717, 1.165) is 21.5 Å². The average Bonchev–Trinajstić information content (AvgIpc) is 3.32. The molecule has 0 aliphatic carbocycles. The third kappa shape index (κ3) is 4.26. The van der Waals surface area contributed by atoms with Crippen LogP contribution in [0.15, 0.2) is 46.7 Å². The number of amides is 2. The molecule has 1 fully saturated rings. The number of ether oxygens (including phenoxy) is 1. The third-order valence-electron chi connectivity index (χ3n) is 4.04. The number of carbonyl (C=O) groups is 2. The van der Waals surface area contributed by atoms with E-state index in [2.05, 4.69) is 20.3 Å². The number of hydrogen-bond donors (Lipinski definition) is 2. The van der Waals surface area contributed by atoms with E-state index in [9.17, 15) is 9.59 Å². The predicted molar refractivity (Wildman–Crippen MR) is 116 cm³/mol. The molecule has 3 N–H and O–H groups in total. The van der Waals surface area contributed by atoms with Gasteiger partial charge in [-0.25, -0.2) is 0 Å². The topological polar surface area (TPSA) is 123 Å². The minimum atomic E-state index is -0.392. The molecule has 1 aliphatic rings. The molecule has 0 atom stereocenters. The Labute approximate surface area is 180 Å². The zero-order valence-corrected chi connectivity index (χ0v) is 17.4. The van der Waals surface area contributed by atoms with Crippen molar-refractivity contribution in [1.82, 2.24) is 19.9 Å². The van der Waals surface area contributed by atoms with Crippen LogP contribution in [0.1, 0.15) is 10.7 Å². The van der Waals surface area contributed by atoms with E-state index in [0.29, 0.717) is 16.3 Å². The maximum Gasteiger partial charge on any atom is 0.293 e. The number of carbonyl (C=O) groups excluding carboxylic acids is 2. The van der Waals surface area contributed by atoms with Gasteiger partial charge in [-0.15, -0.1) is 11.3 Å². The summed E-state index contributed by atoms with van der Waals surface area (Å²) in [6.45, 7) is -0.111. The molecule has 3 aromatic rings. The van der Waals surface area contributed by atoms with Gasteiger partial charge in [-0.1, -0.05) is 18.2 Å². The quantitative estimate of drug-likeness (QED) is 0.554. The number of imide groups is 1. The fraction of sp³-hybridized carbons (Fsp3) is 0.105. The number of anilines is 3. The number of nitrogens with one attached hydrogen (secondary N) is 1. The van der Waals surface area contributed by atoms with Crippen molar-refractivity contribution < 1.29 is 14.3 Å². The summed E-state index contributed by atoms with van der Waals surface area (Å²) >= 11 is 2.37. The fourth-order valence-electron chi connectivity index (χ4n) is 2.71. The average molecular weight is 441 g/mol.